The second-order valence-corrected chi connectivity index (χ2v) is 8.37. The lowest BCUT2D eigenvalue weighted by molar-refractivity contribution is -0.142. The lowest BCUT2D eigenvalue weighted by Gasteiger charge is -2.13. The van der Waals surface area contributed by atoms with E-state index in [-0.39, 0.29) is 10.4 Å². The molecule has 152 valence electrons. The molecule has 1 aromatic carbocycles. The number of nitrogens with one attached hydrogen (secondary N) is 2. The van der Waals surface area contributed by atoms with E-state index in [1.54, 1.807) is 18.2 Å². The average Bonchev–Trinajstić information content (AvgIpc) is 3.38. The third-order valence-corrected chi connectivity index (χ3v) is 6.04. The Morgan fingerprint density at radius 3 is 2.68 bits per heavy atom. The Labute approximate surface area is 183 Å². The van der Waals surface area contributed by atoms with E-state index in [1.165, 1.54) is 4.68 Å². The normalized spacial score (nSPS) is 14.2. The summed E-state index contributed by atoms with van der Waals surface area (Å²) in [6, 6.07) is 5.15. The maximum Gasteiger partial charge on any atom is 0.436 e. The first-order valence-electron chi connectivity index (χ1n) is 8.50. The molecule has 0 saturated heterocycles. The predicted molar refractivity (Wildman–Crippen MR) is 112 cm³/mol. The zero-order chi connectivity index (χ0) is 20.5. The van der Waals surface area contributed by atoms with E-state index in [9.17, 15) is 13.2 Å². The smallest absolute Gasteiger partial charge is 0.362 e. The van der Waals surface area contributed by atoms with E-state index in [0.29, 0.717) is 46.0 Å². The summed E-state index contributed by atoms with van der Waals surface area (Å²) in [6.07, 6.45) is -2.16. The molecule has 11 heteroatoms. The predicted octanol–water partition coefficient (Wildman–Crippen LogP) is 6.23. The summed E-state index contributed by atoms with van der Waals surface area (Å²) in [5, 5.41) is 10.9. The third kappa shape index (κ3) is 5.11. The van der Waals surface area contributed by atoms with Gasteiger partial charge in [-0.2, -0.15) is 18.3 Å². The molecule has 28 heavy (non-hydrogen) atoms. The van der Waals surface area contributed by atoms with E-state index in [4.69, 9.17) is 35.4 Å². The van der Waals surface area contributed by atoms with Gasteiger partial charge in [0.05, 0.1) is 25.9 Å². The van der Waals surface area contributed by atoms with E-state index >= 15 is 0 Å². The van der Waals surface area contributed by atoms with Crippen LogP contribution in [0.2, 0.25) is 10.0 Å². The molecule has 2 N–H and O–H groups in total. The van der Waals surface area contributed by atoms with Crippen LogP contribution in [-0.4, -0.2) is 21.4 Å². The van der Waals surface area contributed by atoms with Crippen molar-refractivity contribution in [3.05, 3.63) is 44.1 Å². The number of aryl methyl sites for hydroxylation is 1. The zero-order valence-electron chi connectivity index (χ0n) is 14.4. The van der Waals surface area contributed by atoms with Gasteiger partial charge in [-0.1, -0.05) is 29.3 Å². The van der Waals surface area contributed by atoms with Crippen molar-refractivity contribution in [2.24, 2.45) is 0 Å². The minimum Gasteiger partial charge on any atom is -0.362 e. The average molecular weight is 516 g/mol. The Morgan fingerprint density at radius 1 is 1.32 bits per heavy atom. The van der Waals surface area contributed by atoms with E-state index in [1.807, 2.05) is 0 Å². The van der Waals surface area contributed by atoms with Gasteiger partial charge in [0.15, 0.2) is 10.8 Å². The maximum absolute atomic E-state index is 13.1. The van der Waals surface area contributed by atoms with Gasteiger partial charge in [0.1, 0.15) is 0 Å². The number of aromatic nitrogens is 2. The summed E-state index contributed by atoms with van der Waals surface area (Å²) < 4.78 is 40.9. The minimum atomic E-state index is -4.48. The number of thiocarbonyl (C=S) groups is 1. The number of hydrogen-bond acceptors (Lipinski definition) is 2. The van der Waals surface area contributed by atoms with E-state index < -0.39 is 11.9 Å². The van der Waals surface area contributed by atoms with Crippen molar-refractivity contribution in [3.8, 4) is 0 Å². The van der Waals surface area contributed by atoms with Crippen LogP contribution in [0.15, 0.2) is 22.7 Å². The van der Waals surface area contributed by atoms with Crippen molar-refractivity contribution >= 4 is 62.1 Å². The van der Waals surface area contributed by atoms with E-state index in [0.717, 1.165) is 12.8 Å². The van der Waals surface area contributed by atoms with Crippen LogP contribution in [0.25, 0.3) is 0 Å². The van der Waals surface area contributed by atoms with Crippen LogP contribution in [0.3, 0.4) is 0 Å². The zero-order valence-corrected chi connectivity index (χ0v) is 18.3. The van der Waals surface area contributed by atoms with Gasteiger partial charge in [0.2, 0.25) is 0 Å². The Bertz CT molecular complexity index is 884. The second kappa shape index (κ2) is 8.77. The van der Waals surface area contributed by atoms with Crippen molar-refractivity contribution in [2.75, 3.05) is 11.9 Å². The molecule has 1 saturated carbocycles. The molecule has 0 radical (unpaired) electrons. The summed E-state index contributed by atoms with van der Waals surface area (Å²) in [4.78, 5) is 0. The summed E-state index contributed by atoms with van der Waals surface area (Å²) in [5.74, 6) is 0.138. The summed E-state index contributed by atoms with van der Waals surface area (Å²) in [7, 11) is 0. The monoisotopic (exact) mass is 514 g/mol. The number of anilines is 1. The highest BCUT2D eigenvalue weighted by Crippen LogP contribution is 2.47. The van der Waals surface area contributed by atoms with Crippen LogP contribution < -0.4 is 10.6 Å². The van der Waals surface area contributed by atoms with Crippen LogP contribution in [0, 0.1) is 0 Å². The molecule has 0 aliphatic heterocycles. The molecule has 3 rings (SSSR count). The fraction of sp³-hybridized carbons (Fsp3) is 0.412. The SMILES string of the molecule is FC(F)(F)c1nn(CCCNC(=S)Nc2cccc(Cl)c2Cl)c(C2CC2)c1Br. The fourth-order valence-corrected chi connectivity index (χ4v) is 4.14. The Morgan fingerprint density at radius 2 is 2.04 bits per heavy atom. The first-order chi connectivity index (χ1) is 13.2. The third-order valence-electron chi connectivity index (χ3n) is 4.20. The van der Waals surface area contributed by atoms with Crippen molar-refractivity contribution in [3.63, 3.8) is 0 Å². The van der Waals surface area contributed by atoms with Gasteiger partial charge in [0.25, 0.3) is 0 Å². The molecular formula is C17H16BrCl2F3N4S. The van der Waals surface area contributed by atoms with Crippen molar-refractivity contribution in [1.29, 1.82) is 0 Å². The molecule has 0 bridgehead atoms. The Kier molecular flexibility index (Phi) is 6.79. The molecule has 1 aromatic heterocycles. The highest BCUT2D eigenvalue weighted by Gasteiger charge is 2.41. The number of hydrogen-bond donors (Lipinski definition) is 2. The molecule has 4 nitrogen and oxygen atoms in total. The number of rotatable bonds is 6. The van der Waals surface area contributed by atoms with Crippen molar-refractivity contribution < 1.29 is 13.2 Å². The maximum atomic E-state index is 13.1. The van der Waals surface area contributed by atoms with E-state index in [2.05, 4.69) is 31.7 Å². The van der Waals surface area contributed by atoms with Gasteiger partial charge in [-0.3, -0.25) is 4.68 Å². The quantitative estimate of drug-likeness (QED) is 0.353. The molecule has 0 amide bonds. The topological polar surface area (TPSA) is 41.9 Å². The van der Waals surface area contributed by atoms with Crippen molar-refractivity contribution in [1.82, 2.24) is 15.1 Å². The fourth-order valence-electron chi connectivity index (χ4n) is 2.75. The van der Waals surface area contributed by atoms with Crippen LogP contribution in [0.4, 0.5) is 18.9 Å². The second-order valence-electron chi connectivity index (χ2n) is 6.38. The number of nitrogens with zero attached hydrogens (tertiary/aromatic N) is 2. The molecule has 0 spiro atoms. The highest BCUT2D eigenvalue weighted by molar-refractivity contribution is 9.10. The molecule has 2 aromatic rings. The Balaban J connectivity index is 1.55. The molecule has 1 heterocycles. The van der Waals surface area contributed by atoms with Crippen molar-refractivity contribution in [2.45, 2.75) is 37.9 Å². The van der Waals surface area contributed by atoms with Crippen LogP contribution in [0.1, 0.15) is 36.6 Å². The van der Waals surface area contributed by atoms with Crippen LogP contribution >= 0.6 is 51.3 Å². The van der Waals surface area contributed by atoms with Gasteiger partial charge in [-0.25, -0.2) is 0 Å². The first-order valence-corrected chi connectivity index (χ1v) is 10.5. The Hall–Kier alpha value is -1.03. The molecule has 1 aliphatic carbocycles. The molecular weight excluding hydrogens is 500 g/mol. The number of alkyl halides is 3. The largest absolute Gasteiger partial charge is 0.436 e. The first kappa shape index (κ1) is 21.7. The van der Waals surface area contributed by atoms with Gasteiger partial charge in [0, 0.05) is 19.0 Å². The summed E-state index contributed by atoms with van der Waals surface area (Å²) in [5.41, 5.74) is 0.336. The van der Waals surface area contributed by atoms with Gasteiger partial charge in [-0.15, -0.1) is 0 Å². The molecule has 1 fully saturated rings. The van der Waals surface area contributed by atoms with Gasteiger partial charge < -0.3 is 10.6 Å². The lowest BCUT2D eigenvalue weighted by Crippen LogP contribution is -2.30. The standard InChI is InChI=1S/C17H16BrCl2F3N4S/c18-12-14(9-5-6-9)27(26-15(12)17(21,22)23)8-2-7-24-16(28)25-11-4-1-3-10(19)13(11)20/h1,3-4,9H,2,5-8H2,(H2,24,25,28). The minimum absolute atomic E-state index is 0.0586. The highest BCUT2D eigenvalue weighted by atomic mass is 79.9. The van der Waals surface area contributed by atoms with Crippen LogP contribution in [0.5, 0.6) is 0 Å². The summed E-state index contributed by atoms with van der Waals surface area (Å²) in [6.45, 7) is 0.820. The number of halogens is 6. The molecule has 1 aliphatic rings. The molecule has 0 unspecified atom stereocenters. The molecule has 0 atom stereocenters. The van der Waals surface area contributed by atoms with Gasteiger partial charge >= 0.3 is 6.18 Å². The number of benzene rings is 1. The summed E-state index contributed by atoms with van der Waals surface area (Å²) >= 11 is 20.4. The van der Waals surface area contributed by atoms with Gasteiger partial charge in [-0.05, 0) is 59.5 Å². The van der Waals surface area contributed by atoms with Crippen LogP contribution in [-0.2, 0) is 12.7 Å². The lowest BCUT2D eigenvalue weighted by atomic mass is 10.2.